The van der Waals surface area contributed by atoms with Gasteiger partial charge in [0.1, 0.15) is 28.5 Å². The van der Waals surface area contributed by atoms with Gasteiger partial charge in [-0.1, -0.05) is 36.4 Å². The highest BCUT2D eigenvalue weighted by Gasteiger charge is 2.23. The zero-order valence-corrected chi connectivity index (χ0v) is 18.8. The van der Waals surface area contributed by atoms with Crippen molar-refractivity contribution in [2.24, 2.45) is 0 Å². The molecule has 0 bridgehead atoms. The van der Waals surface area contributed by atoms with Gasteiger partial charge in [0.2, 0.25) is 0 Å². The lowest BCUT2D eigenvalue weighted by Crippen LogP contribution is -2.42. The molecule has 1 aliphatic rings. The fourth-order valence-electron chi connectivity index (χ4n) is 4.30. The van der Waals surface area contributed by atoms with Crippen molar-refractivity contribution in [3.63, 3.8) is 0 Å². The van der Waals surface area contributed by atoms with E-state index in [9.17, 15) is 5.11 Å². The summed E-state index contributed by atoms with van der Waals surface area (Å²) in [5, 5.41) is 17.1. The van der Waals surface area contributed by atoms with Crippen LogP contribution in [0.2, 0.25) is 0 Å². The minimum Gasteiger partial charge on any atom is -0.507 e. The molecular formula is C25H26N4O2S. The average molecular weight is 447 g/mol. The van der Waals surface area contributed by atoms with Crippen LogP contribution in [0.25, 0.3) is 21.3 Å². The highest BCUT2D eigenvalue weighted by Crippen LogP contribution is 2.38. The first-order valence-electron chi connectivity index (χ1n) is 10.8. The number of phenolic OH excluding ortho intramolecular Hbond substituents is 1. The molecule has 2 aromatic carbocycles. The molecule has 0 amide bonds. The lowest BCUT2D eigenvalue weighted by molar-refractivity contribution is 0.397. The fourth-order valence-corrected chi connectivity index (χ4v) is 5.21. The van der Waals surface area contributed by atoms with E-state index in [1.165, 1.54) is 11.1 Å². The fraction of sp³-hybridized carbons (Fsp3) is 0.280. The first-order valence-corrected chi connectivity index (χ1v) is 11.7. The number of hydrogen-bond acceptors (Lipinski definition) is 7. The summed E-state index contributed by atoms with van der Waals surface area (Å²) in [4.78, 5) is 12.6. The van der Waals surface area contributed by atoms with Gasteiger partial charge in [-0.25, -0.2) is 9.97 Å². The van der Waals surface area contributed by atoms with Gasteiger partial charge in [0.15, 0.2) is 0 Å². The Kier molecular flexibility index (Phi) is 5.92. The van der Waals surface area contributed by atoms with Crippen LogP contribution in [0.1, 0.15) is 18.4 Å². The third-order valence-electron chi connectivity index (χ3n) is 6.10. The van der Waals surface area contributed by atoms with Crippen molar-refractivity contribution >= 4 is 27.4 Å². The standard InChI is InChI=1S/C25H26N4O2S/c1-31-20-8-7-18(22(30)13-20)14-26-19-9-11-29(12-10-19)24-23-21(17-5-3-2-4-6-17)15-32-25(23)28-16-27-24/h2-8,13,15-16,19,26,30H,9-12,14H2,1H3. The minimum atomic E-state index is 0.267. The Bertz CT molecular complexity index is 1200. The topological polar surface area (TPSA) is 70.5 Å². The molecule has 4 aromatic rings. The molecule has 0 spiro atoms. The van der Waals surface area contributed by atoms with Gasteiger partial charge in [0, 0.05) is 48.2 Å². The van der Waals surface area contributed by atoms with Crippen LogP contribution >= 0.6 is 11.3 Å². The first-order chi connectivity index (χ1) is 15.7. The molecule has 2 N–H and O–H groups in total. The molecule has 5 rings (SSSR count). The van der Waals surface area contributed by atoms with Crippen molar-refractivity contribution in [3.05, 3.63) is 65.8 Å². The summed E-state index contributed by atoms with van der Waals surface area (Å²) in [5.74, 6) is 1.96. The van der Waals surface area contributed by atoms with Crippen LogP contribution in [0.3, 0.4) is 0 Å². The lowest BCUT2D eigenvalue weighted by Gasteiger charge is -2.33. The molecule has 164 valence electrons. The molecule has 1 fully saturated rings. The van der Waals surface area contributed by atoms with Crippen molar-refractivity contribution in [3.8, 4) is 22.6 Å². The Morgan fingerprint density at radius 1 is 1.12 bits per heavy atom. The number of rotatable bonds is 6. The number of phenols is 1. The summed E-state index contributed by atoms with van der Waals surface area (Å²) < 4.78 is 5.16. The zero-order chi connectivity index (χ0) is 21.9. The Balaban J connectivity index is 1.28. The molecule has 0 atom stereocenters. The number of aromatic hydroxyl groups is 1. The molecule has 0 unspecified atom stereocenters. The second-order valence-corrected chi connectivity index (χ2v) is 8.89. The number of fused-ring (bicyclic) bond motifs is 1. The zero-order valence-electron chi connectivity index (χ0n) is 18.0. The molecule has 6 nitrogen and oxygen atoms in total. The van der Waals surface area contributed by atoms with Crippen LogP contribution in [0.15, 0.2) is 60.2 Å². The van der Waals surface area contributed by atoms with Crippen molar-refractivity contribution < 1.29 is 9.84 Å². The van der Waals surface area contributed by atoms with Gasteiger partial charge in [-0.3, -0.25) is 0 Å². The summed E-state index contributed by atoms with van der Waals surface area (Å²) in [5.41, 5.74) is 3.29. The Morgan fingerprint density at radius 2 is 1.94 bits per heavy atom. The molecule has 32 heavy (non-hydrogen) atoms. The van der Waals surface area contributed by atoms with E-state index >= 15 is 0 Å². The predicted molar refractivity (Wildman–Crippen MR) is 130 cm³/mol. The molecule has 1 saturated heterocycles. The summed E-state index contributed by atoms with van der Waals surface area (Å²) in [7, 11) is 1.60. The van der Waals surface area contributed by atoms with E-state index in [-0.39, 0.29) is 5.75 Å². The van der Waals surface area contributed by atoms with E-state index in [0.717, 1.165) is 47.5 Å². The van der Waals surface area contributed by atoms with Gasteiger partial charge < -0.3 is 20.1 Å². The molecular weight excluding hydrogens is 420 g/mol. The normalized spacial score (nSPS) is 14.7. The van der Waals surface area contributed by atoms with Gasteiger partial charge in [-0.2, -0.15) is 0 Å². The maximum atomic E-state index is 10.2. The number of thiophene rings is 1. The number of nitrogens with zero attached hydrogens (tertiary/aromatic N) is 3. The third kappa shape index (κ3) is 4.13. The second-order valence-electron chi connectivity index (χ2n) is 8.03. The summed E-state index contributed by atoms with van der Waals surface area (Å²) >= 11 is 1.67. The summed E-state index contributed by atoms with van der Waals surface area (Å²) in [6.07, 6.45) is 3.72. The van der Waals surface area contributed by atoms with Gasteiger partial charge in [0.05, 0.1) is 12.5 Å². The van der Waals surface area contributed by atoms with E-state index in [4.69, 9.17) is 9.72 Å². The smallest absolute Gasteiger partial charge is 0.141 e. The van der Waals surface area contributed by atoms with Gasteiger partial charge in [-0.05, 0) is 24.5 Å². The quantitative estimate of drug-likeness (QED) is 0.442. The van der Waals surface area contributed by atoms with Crippen LogP contribution in [0.5, 0.6) is 11.5 Å². The van der Waals surface area contributed by atoms with Gasteiger partial charge >= 0.3 is 0 Å². The Hall–Kier alpha value is -3.16. The Labute approximate surface area is 191 Å². The highest BCUT2D eigenvalue weighted by molar-refractivity contribution is 7.17. The molecule has 2 aromatic heterocycles. The largest absolute Gasteiger partial charge is 0.507 e. The number of benzene rings is 2. The van der Waals surface area contributed by atoms with Crippen molar-refractivity contribution in [1.29, 1.82) is 0 Å². The average Bonchev–Trinajstić information content (AvgIpc) is 3.28. The molecule has 0 aliphatic carbocycles. The summed E-state index contributed by atoms with van der Waals surface area (Å²) in [6, 6.07) is 16.3. The van der Waals surface area contributed by atoms with E-state index in [1.54, 1.807) is 30.8 Å². The Morgan fingerprint density at radius 3 is 2.69 bits per heavy atom. The molecule has 0 radical (unpaired) electrons. The van der Waals surface area contributed by atoms with E-state index in [1.807, 2.05) is 18.2 Å². The van der Waals surface area contributed by atoms with Gasteiger partial charge in [0.25, 0.3) is 0 Å². The highest BCUT2D eigenvalue weighted by atomic mass is 32.1. The maximum Gasteiger partial charge on any atom is 0.141 e. The van der Waals surface area contributed by atoms with Crippen LogP contribution in [0, 0.1) is 0 Å². The molecule has 3 heterocycles. The summed E-state index contributed by atoms with van der Waals surface area (Å²) in [6.45, 7) is 2.51. The van der Waals surface area contributed by atoms with E-state index in [2.05, 4.69) is 44.8 Å². The van der Waals surface area contributed by atoms with E-state index < -0.39 is 0 Å². The predicted octanol–water partition coefficient (Wildman–Crippen LogP) is 4.83. The van der Waals surface area contributed by atoms with Crippen molar-refractivity contribution in [1.82, 2.24) is 15.3 Å². The maximum absolute atomic E-state index is 10.2. The second kappa shape index (κ2) is 9.14. The number of nitrogens with one attached hydrogen (secondary N) is 1. The monoisotopic (exact) mass is 446 g/mol. The third-order valence-corrected chi connectivity index (χ3v) is 6.99. The number of piperidine rings is 1. The van der Waals surface area contributed by atoms with E-state index in [0.29, 0.717) is 18.3 Å². The number of ether oxygens (including phenoxy) is 1. The molecule has 0 saturated carbocycles. The number of anilines is 1. The lowest BCUT2D eigenvalue weighted by atomic mass is 10.0. The van der Waals surface area contributed by atoms with Crippen LogP contribution < -0.4 is 15.0 Å². The molecule has 7 heteroatoms. The first kappa shape index (κ1) is 20.7. The van der Waals surface area contributed by atoms with Crippen molar-refractivity contribution in [2.45, 2.75) is 25.4 Å². The van der Waals surface area contributed by atoms with Crippen molar-refractivity contribution in [2.75, 3.05) is 25.1 Å². The van der Waals surface area contributed by atoms with Crippen LogP contribution in [-0.4, -0.2) is 41.3 Å². The number of aromatic nitrogens is 2. The number of hydrogen-bond donors (Lipinski definition) is 2. The van der Waals surface area contributed by atoms with Crippen LogP contribution in [0.4, 0.5) is 5.82 Å². The molecule has 1 aliphatic heterocycles. The van der Waals surface area contributed by atoms with Crippen LogP contribution in [-0.2, 0) is 6.54 Å². The number of methoxy groups -OCH3 is 1. The van der Waals surface area contributed by atoms with Gasteiger partial charge in [-0.15, -0.1) is 11.3 Å². The minimum absolute atomic E-state index is 0.267. The SMILES string of the molecule is COc1ccc(CNC2CCN(c3ncnc4scc(-c5ccccc5)c34)CC2)c(O)c1.